The Morgan fingerprint density at radius 3 is 1.64 bits per heavy atom. The van der Waals surface area contributed by atoms with Crippen LogP contribution in [0.4, 0.5) is 0 Å². The molecule has 0 aromatic heterocycles. The minimum atomic E-state index is -0.685. The van der Waals surface area contributed by atoms with Crippen LogP contribution < -0.4 is 0 Å². The van der Waals surface area contributed by atoms with Gasteiger partial charge in [-0.2, -0.15) is 0 Å². The van der Waals surface area contributed by atoms with Gasteiger partial charge in [-0.15, -0.1) is 0 Å². The van der Waals surface area contributed by atoms with Crippen molar-refractivity contribution in [3.8, 4) is 0 Å². The molecule has 1 unspecified atom stereocenters. The van der Waals surface area contributed by atoms with E-state index in [4.69, 9.17) is 9.84 Å². The number of allylic oxidation sites excluding steroid dienone is 8. The summed E-state index contributed by atoms with van der Waals surface area (Å²) < 4.78 is 5.85. The van der Waals surface area contributed by atoms with Gasteiger partial charge >= 0.3 is 11.9 Å². The van der Waals surface area contributed by atoms with Crippen molar-refractivity contribution >= 4 is 11.9 Å². The van der Waals surface area contributed by atoms with Crippen molar-refractivity contribution in [2.75, 3.05) is 0 Å². The molecule has 4 nitrogen and oxygen atoms in total. The number of carboxylic acids is 1. The molecule has 0 bridgehead atoms. The largest absolute Gasteiger partial charge is 0.481 e. The van der Waals surface area contributed by atoms with Gasteiger partial charge in [0.1, 0.15) is 6.10 Å². The van der Waals surface area contributed by atoms with Crippen molar-refractivity contribution in [1.82, 2.24) is 0 Å². The van der Waals surface area contributed by atoms with Crippen LogP contribution in [0.3, 0.4) is 0 Å². The standard InChI is InChI=1S/C35H60O4/c1-3-5-7-8-9-10-11-12-13-14-15-19-22-25-28-32-35(38)39-33(29-6-4-2)30-26-23-20-17-16-18-21-24-27-31-34(36)37/h5,7,9-10,12-13,15,19,33H,3-4,6,8,11,14,16-18,20-32H2,1-2H3,(H,36,37)/b7-5-,10-9-,13-12-,19-15-. The second-order valence-corrected chi connectivity index (χ2v) is 10.6. The van der Waals surface area contributed by atoms with Crippen LogP contribution in [0.5, 0.6) is 0 Å². The third-order valence-electron chi connectivity index (χ3n) is 6.82. The Bertz CT molecular complexity index is 674. The molecule has 39 heavy (non-hydrogen) atoms. The molecular weight excluding hydrogens is 484 g/mol. The van der Waals surface area contributed by atoms with Gasteiger partial charge in [0.05, 0.1) is 0 Å². The van der Waals surface area contributed by atoms with Crippen LogP contribution in [0.25, 0.3) is 0 Å². The maximum absolute atomic E-state index is 12.4. The quantitative estimate of drug-likeness (QED) is 0.0604. The molecule has 0 aliphatic rings. The van der Waals surface area contributed by atoms with Gasteiger partial charge in [0, 0.05) is 12.8 Å². The van der Waals surface area contributed by atoms with Crippen molar-refractivity contribution < 1.29 is 19.4 Å². The molecular formula is C35H60O4. The summed E-state index contributed by atoms with van der Waals surface area (Å²) >= 11 is 0. The first-order chi connectivity index (χ1) is 19.1. The zero-order valence-electron chi connectivity index (χ0n) is 25.4. The Morgan fingerprint density at radius 1 is 0.590 bits per heavy atom. The average Bonchev–Trinajstić information content (AvgIpc) is 2.92. The predicted octanol–water partition coefficient (Wildman–Crippen LogP) is 10.8. The summed E-state index contributed by atoms with van der Waals surface area (Å²) in [7, 11) is 0. The summed E-state index contributed by atoms with van der Waals surface area (Å²) in [5, 5.41) is 8.66. The minimum absolute atomic E-state index is 0.0239. The molecule has 0 aliphatic heterocycles. The molecule has 0 saturated heterocycles. The average molecular weight is 545 g/mol. The van der Waals surface area contributed by atoms with Gasteiger partial charge in [-0.1, -0.05) is 120 Å². The number of carbonyl (C=O) groups is 2. The highest BCUT2D eigenvalue weighted by Gasteiger charge is 2.13. The Labute approximate surface area is 241 Å². The van der Waals surface area contributed by atoms with Crippen molar-refractivity contribution in [2.24, 2.45) is 0 Å². The molecule has 0 saturated carbocycles. The lowest BCUT2D eigenvalue weighted by molar-refractivity contribution is -0.150. The van der Waals surface area contributed by atoms with Crippen LogP contribution in [-0.2, 0) is 14.3 Å². The van der Waals surface area contributed by atoms with E-state index >= 15 is 0 Å². The fourth-order valence-electron chi connectivity index (χ4n) is 4.45. The van der Waals surface area contributed by atoms with E-state index in [-0.39, 0.29) is 12.1 Å². The topological polar surface area (TPSA) is 63.6 Å². The number of hydrogen-bond acceptors (Lipinski definition) is 3. The third kappa shape index (κ3) is 30.3. The van der Waals surface area contributed by atoms with Crippen LogP contribution >= 0.6 is 0 Å². The lowest BCUT2D eigenvalue weighted by Gasteiger charge is -2.18. The van der Waals surface area contributed by atoms with Crippen LogP contribution in [0.15, 0.2) is 48.6 Å². The molecule has 0 spiro atoms. The highest BCUT2D eigenvalue weighted by atomic mass is 16.5. The summed E-state index contributed by atoms with van der Waals surface area (Å²) in [6.45, 7) is 4.34. The molecule has 0 rings (SSSR count). The van der Waals surface area contributed by atoms with E-state index in [0.29, 0.717) is 12.8 Å². The number of hydrogen-bond donors (Lipinski definition) is 1. The molecule has 0 heterocycles. The lowest BCUT2D eigenvalue weighted by Crippen LogP contribution is -2.18. The number of rotatable bonds is 28. The maximum atomic E-state index is 12.4. The van der Waals surface area contributed by atoms with Crippen molar-refractivity contribution in [1.29, 1.82) is 0 Å². The lowest BCUT2D eigenvalue weighted by atomic mass is 10.0. The normalized spacial score (nSPS) is 12.9. The second kappa shape index (κ2) is 30.4. The molecule has 224 valence electrons. The van der Waals surface area contributed by atoms with Crippen LogP contribution in [0.2, 0.25) is 0 Å². The molecule has 0 aromatic rings. The van der Waals surface area contributed by atoms with E-state index in [1.807, 2.05) is 0 Å². The van der Waals surface area contributed by atoms with Gasteiger partial charge in [-0.3, -0.25) is 9.59 Å². The Balaban J connectivity index is 3.81. The summed E-state index contributed by atoms with van der Waals surface area (Å²) in [5.41, 5.74) is 0. The summed E-state index contributed by atoms with van der Waals surface area (Å²) in [4.78, 5) is 22.9. The van der Waals surface area contributed by atoms with Crippen LogP contribution in [-0.4, -0.2) is 23.1 Å². The molecule has 1 atom stereocenters. The number of ether oxygens (including phenoxy) is 1. The van der Waals surface area contributed by atoms with Gasteiger partial charge in [-0.25, -0.2) is 0 Å². The number of aliphatic carboxylic acids is 1. The molecule has 1 N–H and O–H groups in total. The minimum Gasteiger partial charge on any atom is -0.481 e. The first-order valence-electron chi connectivity index (χ1n) is 16.1. The Hall–Kier alpha value is -2.10. The van der Waals surface area contributed by atoms with E-state index in [1.54, 1.807) is 0 Å². The third-order valence-corrected chi connectivity index (χ3v) is 6.82. The van der Waals surface area contributed by atoms with E-state index < -0.39 is 5.97 Å². The monoisotopic (exact) mass is 544 g/mol. The Kier molecular flexibility index (Phi) is 28.8. The first-order valence-corrected chi connectivity index (χ1v) is 16.1. The van der Waals surface area contributed by atoms with Crippen molar-refractivity contribution in [3.63, 3.8) is 0 Å². The molecule has 0 aromatic carbocycles. The highest BCUT2D eigenvalue weighted by molar-refractivity contribution is 5.69. The van der Waals surface area contributed by atoms with Crippen molar-refractivity contribution in [2.45, 2.75) is 161 Å². The summed E-state index contributed by atoms with van der Waals surface area (Å²) in [6, 6.07) is 0. The maximum Gasteiger partial charge on any atom is 0.306 e. The van der Waals surface area contributed by atoms with E-state index in [1.165, 1.54) is 32.1 Å². The highest BCUT2D eigenvalue weighted by Crippen LogP contribution is 2.17. The SMILES string of the molecule is CC/C=C\C/C=C\C/C=C\C/C=C\CCCCC(=O)OC(CCCC)CCCCCCCCCCCC(=O)O. The Morgan fingerprint density at radius 2 is 1.08 bits per heavy atom. The fourth-order valence-corrected chi connectivity index (χ4v) is 4.45. The number of carboxylic acid groups (broad SMARTS) is 1. The van der Waals surface area contributed by atoms with E-state index in [9.17, 15) is 9.59 Å². The van der Waals surface area contributed by atoms with Gasteiger partial charge in [0.25, 0.3) is 0 Å². The zero-order valence-corrected chi connectivity index (χ0v) is 25.4. The van der Waals surface area contributed by atoms with Crippen LogP contribution in [0, 0.1) is 0 Å². The van der Waals surface area contributed by atoms with Gasteiger partial charge < -0.3 is 9.84 Å². The molecule has 4 heteroatoms. The molecule has 0 aliphatic carbocycles. The number of esters is 1. The van der Waals surface area contributed by atoms with E-state index in [2.05, 4.69) is 62.5 Å². The molecule has 0 fully saturated rings. The second-order valence-electron chi connectivity index (χ2n) is 10.6. The van der Waals surface area contributed by atoms with Gasteiger partial charge in [0.2, 0.25) is 0 Å². The number of unbranched alkanes of at least 4 members (excludes halogenated alkanes) is 11. The van der Waals surface area contributed by atoms with Crippen molar-refractivity contribution in [3.05, 3.63) is 48.6 Å². The number of carbonyl (C=O) groups excluding carboxylic acids is 1. The van der Waals surface area contributed by atoms with Gasteiger partial charge in [-0.05, 0) is 70.6 Å². The van der Waals surface area contributed by atoms with E-state index in [0.717, 1.165) is 96.3 Å². The first kappa shape index (κ1) is 36.9. The molecule has 0 amide bonds. The fraction of sp³-hybridized carbons (Fsp3) is 0.714. The van der Waals surface area contributed by atoms with Gasteiger partial charge in [0.15, 0.2) is 0 Å². The smallest absolute Gasteiger partial charge is 0.306 e. The summed E-state index contributed by atoms with van der Waals surface area (Å²) in [6.07, 6.45) is 40.1. The zero-order chi connectivity index (χ0) is 28.7. The predicted molar refractivity (Wildman–Crippen MR) is 167 cm³/mol. The molecule has 0 radical (unpaired) electrons. The van der Waals surface area contributed by atoms with Crippen LogP contribution in [0.1, 0.15) is 155 Å². The summed E-state index contributed by atoms with van der Waals surface area (Å²) in [5.74, 6) is -0.709.